The van der Waals surface area contributed by atoms with E-state index in [0.29, 0.717) is 0 Å². The molecule has 0 fully saturated rings. The molecule has 1 aromatic carbocycles. The zero-order chi connectivity index (χ0) is 13.9. The zero-order valence-electron chi connectivity index (χ0n) is 9.48. The first kappa shape index (κ1) is 15.0. The first-order valence-electron chi connectivity index (χ1n) is 4.97. The minimum absolute atomic E-state index is 0.0672. The second kappa shape index (κ2) is 5.71. The second-order valence-corrected chi connectivity index (χ2v) is 4.86. The van der Waals surface area contributed by atoms with E-state index in [2.05, 4.69) is 5.32 Å². The normalized spacial score (nSPS) is 14.1. The maximum absolute atomic E-state index is 10.8. The predicted molar refractivity (Wildman–Crippen MR) is 69.3 cm³/mol. The summed E-state index contributed by atoms with van der Waals surface area (Å²) in [6.45, 7) is 0.848. The molecule has 0 bridgehead atoms. The van der Waals surface area contributed by atoms with E-state index in [9.17, 15) is 15.2 Å². The van der Waals surface area contributed by atoms with Gasteiger partial charge in [-0.3, -0.25) is 10.1 Å². The van der Waals surface area contributed by atoms with E-state index < -0.39 is 17.1 Å². The molecule has 1 aromatic rings. The van der Waals surface area contributed by atoms with Gasteiger partial charge in [-0.1, -0.05) is 23.2 Å². The Morgan fingerprint density at radius 2 is 2.00 bits per heavy atom. The van der Waals surface area contributed by atoms with Crippen molar-refractivity contribution in [1.29, 1.82) is 0 Å². The van der Waals surface area contributed by atoms with Gasteiger partial charge in [0.1, 0.15) is 11.3 Å². The SMILES string of the molecule is CC(O)(CO)CNc1cc(Cl)c(Cl)cc1[N+](=O)[O-]. The van der Waals surface area contributed by atoms with Crippen LogP contribution in [0.4, 0.5) is 11.4 Å². The number of hydrogen-bond donors (Lipinski definition) is 3. The van der Waals surface area contributed by atoms with Crippen LogP contribution in [0.1, 0.15) is 6.92 Å². The lowest BCUT2D eigenvalue weighted by Crippen LogP contribution is -2.37. The Kier molecular flexibility index (Phi) is 4.75. The number of aliphatic hydroxyl groups is 2. The standard InChI is InChI=1S/C10H12Cl2N2O4/c1-10(16,5-15)4-13-8-2-6(11)7(12)3-9(8)14(17)18/h2-3,13,15-16H,4-5H2,1H3. The molecule has 18 heavy (non-hydrogen) atoms. The number of nitro groups is 1. The fourth-order valence-corrected chi connectivity index (χ4v) is 1.49. The molecule has 0 aliphatic carbocycles. The minimum atomic E-state index is -1.39. The molecule has 8 heteroatoms. The van der Waals surface area contributed by atoms with Gasteiger partial charge in [-0.05, 0) is 13.0 Å². The van der Waals surface area contributed by atoms with Gasteiger partial charge in [-0.15, -0.1) is 0 Å². The number of aliphatic hydroxyl groups excluding tert-OH is 1. The molecule has 0 aromatic heterocycles. The molecular weight excluding hydrogens is 283 g/mol. The highest BCUT2D eigenvalue weighted by molar-refractivity contribution is 6.42. The smallest absolute Gasteiger partial charge is 0.293 e. The summed E-state index contributed by atoms with van der Waals surface area (Å²) in [6.07, 6.45) is 0. The van der Waals surface area contributed by atoms with Crippen LogP contribution in [0.25, 0.3) is 0 Å². The van der Waals surface area contributed by atoms with Gasteiger partial charge in [-0.2, -0.15) is 0 Å². The van der Waals surface area contributed by atoms with E-state index in [1.165, 1.54) is 13.0 Å². The summed E-state index contributed by atoms with van der Waals surface area (Å²) < 4.78 is 0. The molecule has 1 unspecified atom stereocenters. The number of nitrogens with one attached hydrogen (secondary N) is 1. The van der Waals surface area contributed by atoms with E-state index in [1.807, 2.05) is 0 Å². The molecule has 6 nitrogen and oxygen atoms in total. The Labute approximate surface area is 113 Å². The number of nitro benzene ring substituents is 1. The van der Waals surface area contributed by atoms with Crippen molar-refractivity contribution in [3.8, 4) is 0 Å². The van der Waals surface area contributed by atoms with Crippen LogP contribution in [0, 0.1) is 10.1 Å². The van der Waals surface area contributed by atoms with Crippen molar-refractivity contribution in [2.24, 2.45) is 0 Å². The van der Waals surface area contributed by atoms with Crippen LogP contribution in [0.15, 0.2) is 12.1 Å². The third-order valence-corrected chi connectivity index (χ3v) is 2.96. The maximum atomic E-state index is 10.8. The second-order valence-electron chi connectivity index (χ2n) is 4.05. The van der Waals surface area contributed by atoms with E-state index >= 15 is 0 Å². The van der Waals surface area contributed by atoms with Gasteiger partial charge in [0.05, 0.1) is 21.6 Å². The lowest BCUT2D eigenvalue weighted by molar-refractivity contribution is -0.383. The lowest BCUT2D eigenvalue weighted by Gasteiger charge is -2.21. The van der Waals surface area contributed by atoms with Crippen LogP contribution in [0.2, 0.25) is 10.0 Å². The summed E-state index contributed by atoms with van der Waals surface area (Å²) >= 11 is 11.5. The summed E-state index contributed by atoms with van der Waals surface area (Å²) in [5.74, 6) is 0. The highest BCUT2D eigenvalue weighted by Crippen LogP contribution is 2.34. The monoisotopic (exact) mass is 294 g/mol. The number of rotatable bonds is 5. The number of benzene rings is 1. The van der Waals surface area contributed by atoms with Gasteiger partial charge in [0.25, 0.3) is 5.69 Å². The topological polar surface area (TPSA) is 95.6 Å². The predicted octanol–water partition coefficient (Wildman–Crippen LogP) is 2.06. The van der Waals surface area contributed by atoms with Crippen LogP contribution in [-0.2, 0) is 0 Å². The molecule has 0 saturated carbocycles. The number of halogens is 2. The third kappa shape index (κ3) is 3.71. The maximum Gasteiger partial charge on any atom is 0.293 e. The minimum Gasteiger partial charge on any atom is -0.393 e. The van der Waals surface area contributed by atoms with Gasteiger partial charge in [0.2, 0.25) is 0 Å². The molecule has 0 heterocycles. The van der Waals surface area contributed by atoms with Crippen molar-refractivity contribution in [3.05, 3.63) is 32.3 Å². The summed E-state index contributed by atoms with van der Waals surface area (Å²) in [7, 11) is 0. The van der Waals surface area contributed by atoms with Crippen LogP contribution in [0.5, 0.6) is 0 Å². The van der Waals surface area contributed by atoms with Gasteiger partial charge >= 0.3 is 0 Å². The average Bonchev–Trinajstić information content (AvgIpc) is 2.30. The van der Waals surface area contributed by atoms with E-state index in [-0.39, 0.29) is 28.0 Å². The zero-order valence-corrected chi connectivity index (χ0v) is 11.0. The average molecular weight is 295 g/mol. The Morgan fingerprint density at radius 1 is 1.44 bits per heavy atom. The van der Waals surface area contributed by atoms with Gasteiger partial charge in [0, 0.05) is 12.6 Å². The van der Waals surface area contributed by atoms with Crippen LogP contribution in [0.3, 0.4) is 0 Å². The van der Waals surface area contributed by atoms with Gasteiger partial charge < -0.3 is 15.5 Å². The largest absolute Gasteiger partial charge is 0.393 e. The van der Waals surface area contributed by atoms with Crippen LogP contribution in [-0.4, -0.2) is 33.9 Å². The Morgan fingerprint density at radius 3 is 2.50 bits per heavy atom. The fraction of sp³-hybridized carbons (Fsp3) is 0.400. The van der Waals surface area contributed by atoms with Crippen molar-refractivity contribution in [2.45, 2.75) is 12.5 Å². The molecule has 3 N–H and O–H groups in total. The summed E-state index contributed by atoms with van der Waals surface area (Å²) in [5.41, 5.74) is -1.51. The summed E-state index contributed by atoms with van der Waals surface area (Å²) in [6, 6.07) is 2.43. The molecule has 1 atom stereocenters. The third-order valence-electron chi connectivity index (χ3n) is 2.24. The van der Waals surface area contributed by atoms with Crippen molar-refractivity contribution < 1.29 is 15.1 Å². The lowest BCUT2D eigenvalue weighted by atomic mass is 10.1. The molecule has 0 saturated heterocycles. The van der Waals surface area contributed by atoms with Crippen molar-refractivity contribution >= 4 is 34.6 Å². The highest BCUT2D eigenvalue weighted by atomic mass is 35.5. The Bertz CT molecular complexity index is 465. The quantitative estimate of drug-likeness (QED) is 0.571. The number of nitrogens with zero attached hydrogens (tertiary/aromatic N) is 1. The molecular formula is C10H12Cl2N2O4. The molecule has 0 aliphatic heterocycles. The molecule has 1 rings (SSSR count). The molecule has 0 amide bonds. The fourth-order valence-electron chi connectivity index (χ4n) is 1.17. The number of hydrogen-bond acceptors (Lipinski definition) is 5. The van der Waals surface area contributed by atoms with Gasteiger partial charge in [-0.25, -0.2) is 0 Å². The van der Waals surface area contributed by atoms with E-state index in [1.54, 1.807) is 0 Å². The van der Waals surface area contributed by atoms with Crippen LogP contribution >= 0.6 is 23.2 Å². The first-order chi connectivity index (χ1) is 8.26. The molecule has 0 spiro atoms. The van der Waals surface area contributed by atoms with E-state index in [4.69, 9.17) is 28.3 Å². The number of anilines is 1. The first-order valence-corrected chi connectivity index (χ1v) is 5.73. The van der Waals surface area contributed by atoms with Crippen LogP contribution < -0.4 is 5.32 Å². The van der Waals surface area contributed by atoms with Crippen molar-refractivity contribution in [1.82, 2.24) is 0 Å². The Balaban J connectivity index is 3.01. The van der Waals surface area contributed by atoms with Crippen molar-refractivity contribution in [3.63, 3.8) is 0 Å². The molecule has 100 valence electrons. The highest BCUT2D eigenvalue weighted by Gasteiger charge is 2.22. The summed E-state index contributed by atoms with van der Waals surface area (Å²) in [4.78, 5) is 10.2. The van der Waals surface area contributed by atoms with Crippen molar-refractivity contribution in [2.75, 3.05) is 18.5 Å². The van der Waals surface area contributed by atoms with Gasteiger partial charge in [0.15, 0.2) is 0 Å². The molecule has 0 radical (unpaired) electrons. The van der Waals surface area contributed by atoms with E-state index in [0.717, 1.165) is 6.07 Å². The Hall–Kier alpha value is -1.08. The molecule has 0 aliphatic rings. The summed E-state index contributed by atoms with van der Waals surface area (Å²) in [5, 5.41) is 32.2.